The highest BCUT2D eigenvalue weighted by Crippen LogP contribution is 2.20. The van der Waals surface area contributed by atoms with Crippen LogP contribution in [0.2, 0.25) is 0 Å². The first kappa shape index (κ1) is 10.5. The molecule has 0 bridgehead atoms. The third-order valence-corrected chi connectivity index (χ3v) is 2.40. The highest BCUT2D eigenvalue weighted by Gasteiger charge is 2.16. The van der Waals surface area contributed by atoms with Crippen LogP contribution in [0.3, 0.4) is 0 Å². The molecule has 5 nitrogen and oxygen atoms in total. The van der Waals surface area contributed by atoms with E-state index in [1.807, 2.05) is 6.07 Å². The zero-order valence-electron chi connectivity index (χ0n) is 9.08. The summed E-state index contributed by atoms with van der Waals surface area (Å²) in [5.41, 5.74) is 1.84. The summed E-state index contributed by atoms with van der Waals surface area (Å²) >= 11 is 0. The Balaban J connectivity index is 2.23. The predicted octanol–water partition coefficient (Wildman–Crippen LogP) is 1.88. The molecule has 0 aliphatic carbocycles. The van der Waals surface area contributed by atoms with Crippen LogP contribution in [0.25, 0.3) is 11.1 Å². The van der Waals surface area contributed by atoms with Gasteiger partial charge in [-0.2, -0.15) is 5.10 Å². The zero-order chi connectivity index (χ0) is 11.5. The highest BCUT2D eigenvalue weighted by molar-refractivity contribution is 5.73. The lowest BCUT2D eigenvalue weighted by molar-refractivity contribution is -0.144. The van der Waals surface area contributed by atoms with Crippen molar-refractivity contribution in [2.24, 2.45) is 0 Å². The minimum atomic E-state index is -0.425. The van der Waals surface area contributed by atoms with Gasteiger partial charge in [0.15, 0.2) is 0 Å². The molecule has 0 amide bonds. The Kier molecular flexibility index (Phi) is 2.76. The van der Waals surface area contributed by atoms with Gasteiger partial charge in [0.1, 0.15) is 6.04 Å². The molecule has 0 fully saturated rings. The lowest BCUT2D eigenvalue weighted by Crippen LogP contribution is -2.17. The number of hydrogen-bond acceptors (Lipinski definition) is 4. The van der Waals surface area contributed by atoms with E-state index in [0.717, 1.165) is 11.1 Å². The average Bonchev–Trinajstić information content (AvgIpc) is 2.96. The van der Waals surface area contributed by atoms with Crippen LogP contribution in [0, 0.1) is 0 Å². The van der Waals surface area contributed by atoms with Crippen LogP contribution >= 0.6 is 0 Å². The summed E-state index contributed by atoms with van der Waals surface area (Å²) in [5, 5.41) is 4.12. The third kappa shape index (κ3) is 1.84. The maximum atomic E-state index is 11.3. The van der Waals surface area contributed by atoms with Gasteiger partial charge >= 0.3 is 5.97 Å². The van der Waals surface area contributed by atoms with Crippen LogP contribution in [0.15, 0.2) is 35.4 Å². The molecular formula is C11H12N2O3. The molecule has 0 aliphatic heterocycles. The SMILES string of the molecule is COC(=O)[C@@H](C)n1cc(-c2ccoc2)cn1. The van der Waals surface area contributed by atoms with Crippen LogP contribution in [-0.4, -0.2) is 22.9 Å². The topological polar surface area (TPSA) is 57.3 Å². The Bertz CT molecular complexity index is 473. The van der Waals surface area contributed by atoms with Crippen LogP contribution in [-0.2, 0) is 9.53 Å². The van der Waals surface area contributed by atoms with E-state index in [9.17, 15) is 4.79 Å². The van der Waals surface area contributed by atoms with E-state index in [1.54, 1.807) is 36.5 Å². The molecule has 84 valence electrons. The van der Waals surface area contributed by atoms with Crippen molar-refractivity contribution >= 4 is 5.97 Å². The number of carbonyl (C=O) groups excluding carboxylic acids is 1. The van der Waals surface area contributed by atoms with Crippen LogP contribution in [0.4, 0.5) is 0 Å². The second-order valence-electron chi connectivity index (χ2n) is 3.42. The molecule has 0 spiro atoms. The molecule has 0 aliphatic rings. The molecule has 2 heterocycles. The van der Waals surface area contributed by atoms with E-state index in [-0.39, 0.29) is 5.97 Å². The van der Waals surface area contributed by atoms with Crippen molar-refractivity contribution in [1.82, 2.24) is 9.78 Å². The average molecular weight is 220 g/mol. The molecule has 2 aromatic rings. The van der Waals surface area contributed by atoms with Crippen molar-refractivity contribution in [2.45, 2.75) is 13.0 Å². The van der Waals surface area contributed by atoms with Gasteiger partial charge in [0, 0.05) is 17.3 Å². The Morgan fingerprint density at radius 1 is 1.56 bits per heavy atom. The highest BCUT2D eigenvalue weighted by atomic mass is 16.5. The number of ether oxygens (including phenoxy) is 1. The van der Waals surface area contributed by atoms with Gasteiger partial charge in [0.25, 0.3) is 0 Å². The predicted molar refractivity (Wildman–Crippen MR) is 56.7 cm³/mol. The van der Waals surface area contributed by atoms with Crippen molar-refractivity contribution < 1.29 is 13.9 Å². The maximum Gasteiger partial charge on any atom is 0.330 e. The first-order valence-electron chi connectivity index (χ1n) is 4.87. The number of hydrogen-bond donors (Lipinski definition) is 0. The summed E-state index contributed by atoms with van der Waals surface area (Å²) in [6.07, 6.45) is 6.69. The van der Waals surface area contributed by atoms with Gasteiger partial charge in [-0.05, 0) is 13.0 Å². The van der Waals surface area contributed by atoms with Crippen LogP contribution in [0.1, 0.15) is 13.0 Å². The fourth-order valence-electron chi connectivity index (χ4n) is 1.41. The minimum Gasteiger partial charge on any atom is -0.472 e. The molecule has 0 aromatic carbocycles. The second-order valence-corrected chi connectivity index (χ2v) is 3.42. The van der Waals surface area contributed by atoms with Gasteiger partial charge in [-0.25, -0.2) is 4.79 Å². The number of carbonyl (C=O) groups is 1. The van der Waals surface area contributed by atoms with E-state index >= 15 is 0 Å². The number of methoxy groups -OCH3 is 1. The second kappa shape index (κ2) is 4.22. The van der Waals surface area contributed by atoms with Crippen molar-refractivity contribution in [3.8, 4) is 11.1 Å². The minimum absolute atomic E-state index is 0.318. The summed E-state index contributed by atoms with van der Waals surface area (Å²) in [6.45, 7) is 1.73. The van der Waals surface area contributed by atoms with E-state index in [1.165, 1.54) is 7.11 Å². The van der Waals surface area contributed by atoms with Gasteiger partial charge in [0.2, 0.25) is 0 Å². The molecule has 2 aromatic heterocycles. The smallest absolute Gasteiger partial charge is 0.330 e. The van der Waals surface area contributed by atoms with Gasteiger partial charge in [-0.15, -0.1) is 0 Å². The number of furan rings is 1. The van der Waals surface area contributed by atoms with E-state index in [4.69, 9.17) is 4.42 Å². The van der Waals surface area contributed by atoms with Gasteiger partial charge in [0.05, 0.1) is 25.8 Å². The maximum absolute atomic E-state index is 11.3. The van der Waals surface area contributed by atoms with Crippen LogP contribution < -0.4 is 0 Å². The normalized spacial score (nSPS) is 12.4. The Morgan fingerprint density at radius 3 is 3.00 bits per heavy atom. The first-order valence-corrected chi connectivity index (χ1v) is 4.87. The Morgan fingerprint density at radius 2 is 2.38 bits per heavy atom. The Hall–Kier alpha value is -2.04. The molecule has 0 saturated heterocycles. The number of nitrogens with zero attached hydrogens (tertiary/aromatic N) is 2. The molecule has 0 radical (unpaired) electrons. The van der Waals surface area contributed by atoms with Gasteiger partial charge in [-0.1, -0.05) is 0 Å². The first-order chi connectivity index (χ1) is 7.72. The molecule has 2 rings (SSSR count). The van der Waals surface area contributed by atoms with Gasteiger partial charge < -0.3 is 9.15 Å². The van der Waals surface area contributed by atoms with Crippen molar-refractivity contribution in [3.63, 3.8) is 0 Å². The quantitative estimate of drug-likeness (QED) is 0.741. The molecule has 1 atom stereocenters. The number of esters is 1. The van der Waals surface area contributed by atoms with E-state index < -0.39 is 6.04 Å². The van der Waals surface area contributed by atoms with E-state index in [2.05, 4.69) is 9.84 Å². The summed E-state index contributed by atoms with van der Waals surface area (Å²) < 4.78 is 11.2. The molecule has 0 unspecified atom stereocenters. The lowest BCUT2D eigenvalue weighted by Gasteiger charge is -2.08. The van der Waals surface area contributed by atoms with E-state index in [0.29, 0.717) is 0 Å². The third-order valence-electron chi connectivity index (χ3n) is 2.40. The summed E-state index contributed by atoms with van der Waals surface area (Å²) in [5.74, 6) is -0.318. The number of aromatic nitrogens is 2. The zero-order valence-corrected chi connectivity index (χ0v) is 9.08. The van der Waals surface area contributed by atoms with Crippen LogP contribution in [0.5, 0.6) is 0 Å². The summed E-state index contributed by atoms with van der Waals surface area (Å²) in [6, 6.07) is 1.41. The molecule has 5 heteroatoms. The Labute approximate surface area is 92.6 Å². The monoisotopic (exact) mass is 220 g/mol. The lowest BCUT2D eigenvalue weighted by atomic mass is 10.2. The fraction of sp³-hybridized carbons (Fsp3) is 0.273. The summed E-state index contributed by atoms with van der Waals surface area (Å²) in [4.78, 5) is 11.3. The molecular weight excluding hydrogens is 208 g/mol. The summed E-state index contributed by atoms with van der Waals surface area (Å²) in [7, 11) is 1.36. The fourth-order valence-corrected chi connectivity index (χ4v) is 1.41. The van der Waals surface area contributed by atoms with Crippen molar-refractivity contribution in [2.75, 3.05) is 7.11 Å². The number of rotatable bonds is 3. The largest absolute Gasteiger partial charge is 0.472 e. The molecule has 0 N–H and O–H groups in total. The van der Waals surface area contributed by atoms with Crippen molar-refractivity contribution in [1.29, 1.82) is 0 Å². The standard InChI is InChI=1S/C11H12N2O3/c1-8(11(14)15-2)13-6-10(5-12-13)9-3-4-16-7-9/h3-8H,1-2H3/t8-/m1/s1. The molecule has 16 heavy (non-hydrogen) atoms. The molecule has 0 saturated carbocycles. The van der Waals surface area contributed by atoms with Gasteiger partial charge in [-0.3, -0.25) is 4.68 Å². The van der Waals surface area contributed by atoms with Crippen molar-refractivity contribution in [3.05, 3.63) is 31.0 Å².